The van der Waals surface area contributed by atoms with Gasteiger partial charge in [-0.2, -0.15) is 5.10 Å². The highest BCUT2D eigenvalue weighted by Crippen LogP contribution is 2.36. The summed E-state index contributed by atoms with van der Waals surface area (Å²) in [5, 5.41) is 6.92. The molecule has 3 rings (SSSR count). The van der Waals surface area contributed by atoms with E-state index in [-0.39, 0.29) is 6.04 Å². The maximum atomic E-state index is 5.72. The number of hydrazone groups is 1. The highest BCUT2D eigenvalue weighted by molar-refractivity contribution is 5.89. The zero-order valence-electron chi connectivity index (χ0n) is 13.7. The molecule has 0 spiro atoms. The van der Waals surface area contributed by atoms with Gasteiger partial charge in [0.1, 0.15) is 5.75 Å². The van der Waals surface area contributed by atoms with E-state index >= 15 is 0 Å². The quantitative estimate of drug-likeness (QED) is 0.917. The van der Waals surface area contributed by atoms with Crippen molar-refractivity contribution >= 4 is 11.4 Å². The van der Waals surface area contributed by atoms with Crippen LogP contribution in [0.1, 0.15) is 30.0 Å². The summed E-state index contributed by atoms with van der Waals surface area (Å²) >= 11 is 0. The van der Waals surface area contributed by atoms with Crippen LogP contribution in [0.25, 0.3) is 0 Å². The van der Waals surface area contributed by atoms with Gasteiger partial charge in [0, 0.05) is 12.1 Å². The number of anilines is 1. The van der Waals surface area contributed by atoms with E-state index in [0.717, 1.165) is 30.0 Å². The number of aryl methyl sites for hydroxylation is 1. The Bertz CT molecular complexity index is 677. The van der Waals surface area contributed by atoms with Gasteiger partial charge in [0.25, 0.3) is 0 Å². The second-order valence-corrected chi connectivity index (χ2v) is 5.88. The van der Waals surface area contributed by atoms with Crippen molar-refractivity contribution in [2.75, 3.05) is 18.7 Å². The first-order chi connectivity index (χ1) is 11.2. The Kier molecular flexibility index (Phi) is 4.63. The van der Waals surface area contributed by atoms with E-state index in [1.54, 1.807) is 7.11 Å². The molecule has 0 aromatic heterocycles. The number of rotatable bonds is 5. The second-order valence-electron chi connectivity index (χ2n) is 5.88. The van der Waals surface area contributed by atoms with Crippen molar-refractivity contribution in [3.63, 3.8) is 0 Å². The van der Waals surface area contributed by atoms with Gasteiger partial charge in [-0.15, -0.1) is 0 Å². The number of benzene rings is 2. The van der Waals surface area contributed by atoms with Crippen LogP contribution in [0.3, 0.4) is 0 Å². The van der Waals surface area contributed by atoms with Gasteiger partial charge in [-0.3, -0.25) is 5.01 Å². The van der Waals surface area contributed by atoms with Crippen LogP contribution < -0.4 is 15.5 Å². The van der Waals surface area contributed by atoms with Crippen LogP contribution in [0.4, 0.5) is 5.69 Å². The summed E-state index contributed by atoms with van der Waals surface area (Å²) in [6.45, 7) is 2.74. The Morgan fingerprint density at radius 2 is 1.83 bits per heavy atom. The van der Waals surface area contributed by atoms with Crippen molar-refractivity contribution in [2.45, 2.75) is 25.8 Å². The van der Waals surface area contributed by atoms with Crippen LogP contribution in [0, 0.1) is 6.92 Å². The fourth-order valence-corrected chi connectivity index (χ4v) is 2.91. The van der Waals surface area contributed by atoms with Gasteiger partial charge in [-0.05, 0) is 49.7 Å². The molecule has 2 aromatic carbocycles. The molecule has 1 aliphatic rings. The average molecular weight is 309 g/mol. The van der Waals surface area contributed by atoms with Crippen molar-refractivity contribution in [2.24, 2.45) is 10.8 Å². The molecule has 0 saturated carbocycles. The molecule has 1 heterocycles. The van der Waals surface area contributed by atoms with Gasteiger partial charge in [-0.1, -0.05) is 29.8 Å². The van der Waals surface area contributed by atoms with Gasteiger partial charge in [0.05, 0.1) is 18.8 Å². The first-order valence-corrected chi connectivity index (χ1v) is 7.97. The highest BCUT2D eigenvalue weighted by atomic mass is 16.5. The van der Waals surface area contributed by atoms with Crippen molar-refractivity contribution in [1.29, 1.82) is 0 Å². The molecule has 4 heteroatoms. The number of methoxy groups -OCH3 is 1. The summed E-state index contributed by atoms with van der Waals surface area (Å²) in [4.78, 5) is 0. The molecule has 2 N–H and O–H groups in total. The van der Waals surface area contributed by atoms with Crippen LogP contribution in [0.2, 0.25) is 0 Å². The van der Waals surface area contributed by atoms with Gasteiger partial charge >= 0.3 is 0 Å². The van der Waals surface area contributed by atoms with Crippen molar-refractivity contribution in [1.82, 2.24) is 0 Å². The van der Waals surface area contributed by atoms with E-state index in [4.69, 9.17) is 15.6 Å². The number of hydrogen-bond donors (Lipinski definition) is 1. The summed E-state index contributed by atoms with van der Waals surface area (Å²) in [5.41, 5.74) is 10.5. The van der Waals surface area contributed by atoms with E-state index in [9.17, 15) is 0 Å². The summed E-state index contributed by atoms with van der Waals surface area (Å²) in [6.07, 6.45) is 1.77. The van der Waals surface area contributed by atoms with E-state index in [0.29, 0.717) is 6.54 Å². The molecule has 1 aliphatic heterocycles. The lowest BCUT2D eigenvalue weighted by molar-refractivity contribution is 0.415. The van der Waals surface area contributed by atoms with Crippen LogP contribution in [0.5, 0.6) is 5.75 Å². The van der Waals surface area contributed by atoms with Gasteiger partial charge in [-0.25, -0.2) is 0 Å². The topological polar surface area (TPSA) is 50.8 Å². The van der Waals surface area contributed by atoms with Gasteiger partial charge in [0.2, 0.25) is 0 Å². The zero-order valence-corrected chi connectivity index (χ0v) is 13.7. The second kappa shape index (κ2) is 6.84. The Morgan fingerprint density at radius 3 is 2.43 bits per heavy atom. The molecule has 1 unspecified atom stereocenters. The Morgan fingerprint density at radius 1 is 1.13 bits per heavy atom. The minimum atomic E-state index is 0.227. The molecule has 4 nitrogen and oxygen atoms in total. The molecule has 0 saturated heterocycles. The molecular weight excluding hydrogens is 286 g/mol. The molecule has 0 bridgehead atoms. The SMILES string of the molecule is COc1ccc(N2N=C(CCN)CC2c2ccc(C)cc2)cc1. The largest absolute Gasteiger partial charge is 0.497 e. The van der Waals surface area contributed by atoms with E-state index in [2.05, 4.69) is 48.3 Å². The van der Waals surface area contributed by atoms with E-state index in [1.807, 2.05) is 12.1 Å². The first-order valence-electron chi connectivity index (χ1n) is 7.97. The Labute approximate surface area is 137 Å². The number of hydrogen-bond acceptors (Lipinski definition) is 4. The minimum absolute atomic E-state index is 0.227. The van der Waals surface area contributed by atoms with Crippen LogP contribution in [-0.4, -0.2) is 19.4 Å². The van der Waals surface area contributed by atoms with Crippen molar-refractivity contribution in [3.05, 3.63) is 59.7 Å². The Hall–Kier alpha value is -2.33. The summed E-state index contributed by atoms with van der Waals surface area (Å²) in [7, 11) is 1.68. The Balaban J connectivity index is 1.92. The lowest BCUT2D eigenvalue weighted by Gasteiger charge is -2.24. The number of ether oxygens (including phenoxy) is 1. The van der Waals surface area contributed by atoms with Crippen molar-refractivity contribution < 1.29 is 4.74 Å². The fraction of sp³-hybridized carbons (Fsp3) is 0.316. The van der Waals surface area contributed by atoms with Crippen LogP contribution >= 0.6 is 0 Å². The van der Waals surface area contributed by atoms with E-state index < -0.39 is 0 Å². The zero-order chi connectivity index (χ0) is 16.2. The molecule has 120 valence electrons. The molecule has 0 amide bonds. The van der Waals surface area contributed by atoms with Gasteiger partial charge < -0.3 is 10.5 Å². The fourth-order valence-electron chi connectivity index (χ4n) is 2.91. The monoisotopic (exact) mass is 309 g/mol. The summed E-state index contributed by atoms with van der Waals surface area (Å²) in [5.74, 6) is 0.853. The third-order valence-corrected chi connectivity index (χ3v) is 4.21. The molecular formula is C19H23N3O. The predicted octanol–water partition coefficient (Wildman–Crippen LogP) is 3.66. The molecule has 2 aromatic rings. The normalized spacial score (nSPS) is 17.3. The summed E-state index contributed by atoms with van der Waals surface area (Å²) < 4.78 is 5.25. The maximum absolute atomic E-state index is 5.72. The molecule has 1 atom stereocenters. The molecule has 0 aliphatic carbocycles. The average Bonchev–Trinajstić information content (AvgIpc) is 3.00. The molecule has 0 fully saturated rings. The smallest absolute Gasteiger partial charge is 0.119 e. The van der Waals surface area contributed by atoms with Crippen LogP contribution in [-0.2, 0) is 0 Å². The lowest BCUT2D eigenvalue weighted by atomic mass is 9.99. The molecule has 23 heavy (non-hydrogen) atoms. The maximum Gasteiger partial charge on any atom is 0.119 e. The third-order valence-electron chi connectivity index (χ3n) is 4.21. The highest BCUT2D eigenvalue weighted by Gasteiger charge is 2.28. The van der Waals surface area contributed by atoms with Crippen LogP contribution in [0.15, 0.2) is 53.6 Å². The number of nitrogens with two attached hydrogens (primary N) is 1. The molecule has 0 radical (unpaired) electrons. The lowest BCUT2D eigenvalue weighted by Crippen LogP contribution is -2.18. The predicted molar refractivity (Wildman–Crippen MR) is 95.1 cm³/mol. The van der Waals surface area contributed by atoms with E-state index in [1.165, 1.54) is 11.1 Å². The first kappa shape index (κ1) is 15.6. The standard InChI is InChI=1S/C19H23N3O/c1-14-3-5-15(6-4-14)19-13-16(11-12-20)21-22(19)17-7-9-18(23-2)10-8-17/h3-10,19H,11-13,20H2,1-2H3. The third kappa shape index (κ3) is 3.37. The minimum Gasteiger partial charge on any atom is -0.497 e. The van der Waals surface area contributed by atoms with Crippen molar-refractivity contribution in [3.8, 4) is 5.75 Å². The number of nitrogens with zero attached hydrogens (tertiary/aromatic N) is 2. The van der Waals surface area contributed by atoms with Gasteiger partial charge in [0.15, 0.2) is 0 Å². The summed E-state index contributed by atoms with van der Waals surface area (Å²) in [6, 6.07) is 17.0.